The summed E-state index contributed by atoms with van der Waals surface area (Å²) in [6, 6.07) is 10.3. The molecule has 0 aliphatic rings. The standard InChI is InChI=1S/C13H10ClIN2O2/c14-11-6-8(16)5-10(13(17)18)12(11)19-9-3-1-2-7(15)4-9/h1-6H,16H2,(H2,17,18). The summed E-state index contributed by atoms with van der Waals surface area (Å²) in [7, 11) is 0. The van der Waals surface area contributed by atoms with E-state index in [1.54, 1.807) is 6.07 Å². The molecule has 4 nitrogen and oxygen atoms in total. The molecule has 0 aromatic heterocycles. The van der Waals surface area contributed by atoms with E-state index in [4.69, 9.17) is 27.8 Å². The number of carbonyl (C=O) groups is 1. The number of nitrogens with two attached hydrogens (primary N) is 2. The average Bonchev–Trinajstić information content (AvgIpc) is 2.32. The predicted molar refractivity (Wildman–Crippen MR) is 83.6 cm³/mol. The minimum Gasteiger partial charge on any atom is -0.455 e. The molecule has 0 spiro atoms. The van der Waals surface area contributed by atoms with Crippen LogP contribution >= 0.6 is 34.2 Å². The summed E-state index contributed by atoms with van der Waals surface area (Å²) in [5.41, 5.74) is 11.4. The van der Waals surface area contributed by atoms with Crippen LogP contribution in [0.15, 0.2) is 36.4 Å². The number of nitrogen functional groups attached to an aromatic ring is 1. The first-order valence-electron chi connectivity index (χ1n) is 5.29. The number of benzene rings is 2. The zero-order valence-electron chi connectivity index (χ0n) is 9.69. The quantitative estimate of drug-likeness (QED) is 0.625. The molecule has 0 unspecified atom stereocenters. The van der Waals surface area contributed by atoms with Gasteiger partial charge < -0.3 is 16.2 Å². The number of ether oxygens (including phenoxy) is 1. The van der Waals surface area contributed by atoms with E-state index in [1.807, 2.05) is 18.2 Å². The Morgan fingerprint density at radius 3 is 2.63 bits per heavy atom. The van der Waals surface area contributed by atoms with Crippen molar-refractivity contribution < 1.29 is 9.53 Å². The zero-order chi connectivity index (χ0) is 14.0. The van der Waals surface area contributed by atoms with Gasteiger partial charge in [0.05, 0.1) is 10.6 Å². The topological polar surface area (TPSA) is 78.3 Å². The summed E-state index contributed by atoms with van der Waals surface area (Å²) in [6.07, 6.45) is 0. The lowest BCUT2D eigenvalue weighted by Gasteiger charge is -2.12. The fourth-order valence-corrected chi connectivity index (χ4v) is 2.33. The molecule has 0 heterocycles. The SMILES string of the molecule is NC(=O)c1cc(N)cc(Cl)c1Oc1cccc(I)c1. The number of amides is 1. The Morgan fingerprint density at radius 2 is 2.00 bits per heavy atom. The van der Waals surface area contributed by atoms with Gasteiger partial charge in [-0.25, -0.2) is 0 Å². The van der Waals surface area contributed by atoms with Crippen molar-refractivity contribution in [2.24, 2.45) is 5.73 Å². The molecule has 0 fully saturated rings. The fourth-order valence-electron chi connectivity index (χ4n) is 1.55. The van der Waals surface area contributed by atoms with Gasteiger partial charge in [0.2, 0.25) is 0 Å². The van der Waals surface area contributed by atoms with Crippen LogP contribution in [0, 0.1) is 3.57 Å². The normalized spacial score (nSPS) is 10.2. The van der Waals surface area contributed by atoms with E-state index in [0.29, 0.717) is 11.4 Å². The summed E-state index contributed by atoms with van der Waals surface area (Å²) in [5.74, 6) is 0.140. The maximum absolute atomic E-state index is 11.4. The van der Waals surface area contributed by atoms with Gasteiger partial charge in [0.15, 0.2) is 5.75 Å². The third kappa shape index (κ3) is 3.30. The van der Waals surface area contributed by atoms with Crippen LogP contribution in [0.2, 0.25) is 5.02 Å². The molecule has 19 heavy (non-hydrogen) atoms. The molecule has 2 aromatic rings. The molecule has 98 valence electrons. The number of hydrogen-bond donors (Lipinski definition) is 2. The number of hydrogen-bond acceptors (Lipinski definition) is 3. The van der Waals surface area contributed by atoms with Gasteiger partial charge in [-0.1, -0.05) is 17.7 Å². The molecule has 0 saturated heterocycles. The molecule has 0 saturated carbocycles. The first-order chi connectivity index (χ1) is 8.97. The number of anilines is 1. The Morgan fingerprint density at radius 1 is 1.26 bits per heavy atom. The first-order valence-corrected chi connectivity index (χ1v) is 6.75. The number of rotatable bonds is 3. The molecule has 0 bridgehead atoms. The highest BCUT2D eigenvalue weighted by atomic mass is 127. The average molecular weight is 389 g/mol. The van der Waals surface area contributed by atoms with Crippen molar-refractivity contribution in [1.29, 1.82) is 0 Å². The maximum Gasteiger partial charge on any atom is 0.252 e. The van der Waals surface area contributed by atoms with Crippen molar-refractivity contribution in [3.63, 3.8) is 0 Å². The number of halogens is 2. The molecule has 0 radical (unpaired) electrons. The largest absolute Gasteiger partial charge is 0.455 e. The monoisotopic (exact) mass is 388 g/mol. The van der Waals surface area contributed by atoms with Crippen LogP contribution in [0.3, 0.4) is 0 Å². The van der Waals surface area contributed by atoms with Crippen molar-refractivity contribution >= 4 is 45.8 Å². The smallest absolute Gasteiger partial charge is 0.252 e. The molecule has 4 N–H and O–H groups in total. The Labute approximate surface area is 128 Å². The fraction of sp³-hybridized carbons (Fsp3) is 0. The highest BCUT2D eigenvalue weighted by Gasteiger charge is 2.15. The second-order valence-corrected chi connectivity index (χ2v) is 5.46. The third-order valence-corrected chi connectivity index (χ3v) is 3.30. The van der Waals surface area contributed by atoms with Gasteiger partial charge in [-0.15, -0.1) is 0 Å². The molecular formula is C13H10ClIN2O2. The van der Waals surface area contributed by atoms with E-state index >= 15 is 0 Å². The van der Waals surface area contributed by atoms with Gasteiger partial charge in [-0.2, -0.15) is 0 Å². The molecule has 6 heteroatoms. The highest BCUT2D eigenvalue weighted by Crippen LogP contribution is 2.35. The van der Waals surface area contributed by atoms with Crippen molar-refractivity contribution in [3.05, 3.63) is 50.6 Å². The van der Waals surface area contributed by atoms with Crippen molar-refractivity contribution in [3.8, 4) is 11.5 Å². The second kappa shape index (κ2) is 5.66. The van der Waals surface area contributed by atoms with Crippen LogP contribution in [-0.2, 0) is 0 Å². The Balaban J connectivity index is 2.47. The van der Waals surface area contributed by atoms with Crippen molar-refractivity contribution in [2.45, 2.75) is 0 Å². The van der Waals surface area contributed by atoms with E-state index in [-0.39, 0.29) is 16.3 Å². The minimum atomic E-state index is -0.644. The summed E-state index contributed by atoms with van der Waals surface area (Å²) in [5, 5.41) is 0.243. The molecule has 1 amide bonds. The van der Waals surface area contributed by atoms with E-state index in [2.05, 4.69) is 22.6 Å². The summed E-state index contributed by atoms with van der Waals surface area (Å²) >= 11 is 8.21. The van der Waals surface area contributed by atoms with Gasteiger partial charge >= 0.3 is 0 Å². The lowest BCUT2D eigenvalue weighted by Crippen LogP contribution is -2.13. The van der Waals surface area contributed by atoms with Crippen molar-refractivity contribution in [1.82, 2.24) is 0 Å². The van der Waals surface area contributed by atoms with Crippen LogP contribution in [0.4, 0.5) is 5.69 Å². The lowest BCUT2D eigenvalue weighted by molar-refractivity contribution is 0.0998. The minimum absolute atomic E-state index is 0.156. The van der Waals surface area contributed by atoms with Crippen LogP contribution in [0.1, 0.15) is 10.4 Å². The van der Waals surface area contributed by atoms with Crippen LogP contribution in [0.5, 0.6) is 11.5 Å². The van der Waals surface area contributed by atoms with E-state index in [0.717, 1.165) is 3.57 Å². The molecule has 2 rings (SSSR count). The Bertz CT molecular complexity index is 647. The maximum atomic E-state index is 11.4. The molecule has 0 aliphatic carbocycles. The molecule has 0 atom stereocenters. The molecule has 0 aliphatic heterocycles. The van der Waals surface area contributed by atoms with Crippen LogP contribution in [-0.4, -0.2) is 5.91 Å². The van der Waals surface area contributed by atoms with Gasteiger partial charge in [0.1, 0.15) is 5.75 Å². The summed E-state index contributed by atoms with van der Waals surface area (Å²) < 4.78 is 6.65. The third-order valence-electron chi connectivity index (χ3n) is 2.35. The molecule has 2 aromatic carbocycles. The van der Waals surface area contributed by atoms with Gasteiger partial charge in [0, 0.05) is 9.26 Å². The van der Waals surface area contributed by atoms with E-state index in [1.165, 1.54) is 12.1 Å². The number of primary amides is 1. The van der Waals surface area contributed by atoms with E-state index < -0.39 is 5.91 Å². The summed E-state index contributed by atoms with van der Waals surface area (Å²) in [4.78, 5) is 11.4. The van der Waals surface area contributed by atoms with Gasteiger partial charge in [0.25, 0.3) is 5.91 Å². The molecular weight excluding hydrogens is 379 g/mol. The highest BCUT2D eigenvalue weighted by molar-refractivity contribution is 14.1. The number of carbonyl (C=O) groups excluding carboxylic acids is 1. The predicted octanol–water partition coefficient (Wildman–Crippen LogP) is 3.42. The zero-order valence-corrected chi connectivity index (χ0v) is 12.6. The lowest BCUT2D eigenvalue weighted by atomic mass is 10.1. The Kier molecular flexibility index (Phi) is 4.16. The second-order valence-electron chi connectivity index (χ2n) is 3.80. The first kappa shape index (κ1) is 14.0. The van der Waals surface area contributed by atoms with Crippen LogP contribution < -0.4 is 16.2 Å². The van der Waals surface area contributed by atoms with Gasteiger partial charge in [-0.3, -0.25) is 4.79 Å². The Hall–Kier alpha value is -1.47. The van der Waals surface area contributed by atoms with Gasteiger partial charge in [-0.05, 0) is 52.9 Å². The van der Waals surface area contributed by atoms with Crippen molar-refractivity contribution in [2.75, 3.05) is 5.73 Å². The summed E-state index contributed by atoms with van der Waals surface area (Å²) in [6.45, 7) is 0. The van der Waals surface area contributed by atoms with Crippen LogP contribution in [0.25, 0.3) is 0 Å². The van der Waals surface area contributed by atoms with E-state index in [9.17, 15) is 4.79 Å².